The maximum absolute atomic E-state index is 13.2. The lowest BCUT2D eigenvalue weighted by molar-refractivity contribution is -0.188. The van der Waals surface area contributed by atoms with Gasteiger partial charge >= 0.3 is 5.97 Å². The van der Waals surface area contributed by atoms with Crippen LogP contribution in [0.4, 0.5) is 0 Å². The zero-order valence-corrected chi connectivity index (χ0v) is 25.3. The molecule has 0 aromatic carbocycles. The van der Waals surface area contributed by atoms with Gasteiger partial charge in [-0.25, -0.2) is 0 Å². The maximum atomic E-state index is 13.2. The van der Waals surface area contributed by atoms with Crippen molar-refractivity contribution in [2.75, 3.05) is 0 Å². The molecule has 212 valence electrons. The number of pyridine rings is 1. The molecule has 7 unspecified atom stereocenters. The van der Waals surface area contributed by atoms with Gasteiger partial charge in [0.15, 0.2) is 0 Å². The van der Waals surface area contributed by atoms with Crippen molar-refractivity contribution in [3.63, 3.8) is 0 Å². The molecular formula is C35H49NO3. The molecule has 0 bridgehead atoms. The summed E-state index contributed by atoms with van der Waals surface area (Å²) < 4.78 is 0. The second kappa shape index (κ2) is 8.29. The molecule has 1 aromatic heterocycles. The van der Waals surface area contributed by atoms with E-state index in [1.807, 2.05) is 18.5 Å². The van der Waals surface area contributed by atoms with Crippen LogP contribution in [0, 0.1) is 50.2 Å². The van der Waals surface area contributed by atoms with Crippen molar-refractivity contribution in [3.8, 4) is 0 Å². The van der Waals surface area contributed by atoms with Crippen molar-refractivity contribution >= 4 is 17.3 Å². The summed E-state index contributed by atoms with van der Waals surface area (Å²) in [4.78, 5) is 30.9. The summed E-state index contributed by atoms with van der Waals surface area (Å²) in [7, 11) is 0. The Hall–Kier alpha value is -1.97. The summed E-state index contributed by atoms with van der Waals surface area (Å²) in [6, 6.07) is 4.25. The molecule has 5 aliphatic rings. The van der Waals surface area contributed by atoms with Gasteiger partial charge in [-0.2, -0.15) is 0 Å². The molecule has 0 saturated heterocycles. The van der Waals surface area contributed by atoms with Crippen LogP contribution in [0.1, 0.15) is 118 Å². The molecule has 4 heteroatoms. The zero-order chi connectivity index (χ0) is 28.2. The van der Waals surface area contributed by atoms with Gasteiger partial charge in [-0.1, -0.05) is 60.1 Å². The van der Waals surface area contributed by atoms with E-state index in [0.717, 1.165) is 57.8 Å². The van der Waals surface area contributed by atoms with Gasteiger partial charge in [-0.05, 0) is 114 Å². The van der Waals surface area contributed by atoms with Crippen molar-refractivity contribution in [1.82, 2.24) is 4.98 Å². The lowest BCUT2D eigenvalue weighted by Gasteiger charge is -2.71. The third-order valence-corrected chi connectivity index (χ3v) is 13.9. The number of hydrogen-bond acceptors (Lipinski definition) is 3. The minimum absolute atomic E-state index is 0.0559. The Morgan fingerprint density at radius 1 is 0.949 bits per heavy atom. The van der Waals surface area contributed by atoms with Crippen LogP contribution in [-0.4, -0.2) is 21.8 Å². The van der Waals surface area contributed by atoms with Crippen LogP contribution in [-0.2, 0) is 9.59 Å². The van der Waals surface area contributed by atoms with Gasteiger partial charge in [0.25, 0.3) is 0 Å². The highest BCUT2D eigenvalue weighted by molar-refractivity contribution is 5.86. The number of carboxylic acid groups (broad SMARTS) is 1. The van der Waals surface area contributed by atoms with E-state index < -0.39 is 11.4 Å². The van der Waals surface area contributed by atoms with Gasteiger partial charge in [-0.15, -0.1) is 0 Å². The molecule has 0 aliphatic heterocycles. The van der Waals surface area contributed by atoms with E-state index in [2.05, 4.69) is 59.5 Å². The molecule has 4 fully saturated rings. The number of nitrogens with zero attached hydrogens (tertiary/aromatic N) is 1. The lowest BCUT2D eigenvalue weighted by Crippen LogP contribution is -2.65. The average Bonchev–Trinajstić information content (AvgIpc) is 2.87. The minimum atomic E-state index is -0.665. The fraction of sp³-hybridized carbons (Fsp3) is 0.743. The number of carbonyl (C=O) groups excluding carboxylic acids is 1. The molecule has 4 saturated carbocycles. The summed E-state index contributed by atoms with van der Waals surface area (Å²) in [6.45, 7) is 16.7. The fourth-order valence-electron chi connectivity index (χ4n) is 11.4. The third-order valence-electron chi connectivity index (χ3n) is 13.9. The topological polar surface area (TPSA) is 67.3 Å². The molecule has 0 spiro atoms. The highest BCUT2D eigenvalue weighted by Crippen LogP contribution is 2.77. The number of fused-ring (bicyclic) bond motifs is 7. The molecule has 0 radical (unpaired) electrons. The lowest BCUT2D eigenvalue weighted by atomic mass is 9.32. The van der Waals surface area contributed by atoms with Crippen molar-refractivity contribution in [1.29, 1.82) is 0 Å². The number of hydrogen-bond donors (Lipinski definition) is 1. The number of rotatable bonds is 2. The van der Waals surface area contributed by atoms with E-state index in [1.54, 1.807) is 0 Å². The monoisotopic (exact) mass is 531 g/mol. The van der Waals surface area contributed by atoms with E-state index in [4.69, 9.17) is 0 Å². The number of carbonyl (C=O) groups is 2. The number of aliphatic carboxylic acids is 1. The summed E-state index contributed by atoms with van der Waals surface area (Å²) in [5, 5.41) is 10.8. The highest BCUT2D eigenvalue weighted by atomic mass is 16.4. The predicted molar refractivity (Wildman–Crippen MR) is 155 cm³/mol. The molecule has 6 rings (SSSR count). The zero-order valence-electron chi connectivity index (χ0n) is 25.3. The number of carboxylic acids is 1. The van der Waals surface area contributed by atoms with Gasteiger partial charge in [0.1, 0.15) is 5.78 Å². The quantitative estimate of drug-likeness (QED) is 0.416. The smallest absolute Gasteiger partial charge is 0.310 e. The van der Waals surface area contributed by atoms with E-state index in [9.17, 15) is 14.7 Å². The first kappa shape index (κ1) is 27.2. The normalized spacial score (nSPS) is 44.5. The third kappa shape index (κ3) is 3.45. The first-order valence-electron chi connectivity index (χ1n) is 15.5. The second-order valence-corrected chi connectivity index (χ2v) is 16.3. The summed E-state index contributed by atoms with van der Waals surface area (Å²) in [5.74, 6) is 0.751. The van der Waals surface area contributed by atoms with Crippen LogP contribution in [0.5, 0.6) is 0 Å². The van der Waals surface area contributed by atoms with Crippen molar-refractivity contribution in [3.05, 3.63) is 35.7 Å². The van der Waals surface area contributed by atoms with Gasteiger partial charge in [-0.3, -0.25) is 14.6 Å². The highest BCUT2D eigenvalue weighted by Gasteiger charge is 2.70. The number of allylic oxidation sites excluding steroid dienone is 2. The van der Waals surface area contributed by atoms with Gasteiger partial charge in [0, 0.05) is 24.2 Å². The predicted octanol–water partition coefficient (Wildman–Crippen LogP) is 8.36. The van der Waals surface area contributed by atoms with Crippen LogP contribution in [0.15, 0.2) is 30.1 Å². The Bertz CT molecular complexity index is 1250. The Morgan fingerprint density at radius 3 is 2.33 bits per heavy atom. The Labute approximate surface area is 235 Å². The van der Waals surface area contributed by atoms with E-state index in [-0.39, 0.29) is 33.0 Å². The maximum Gasteiger partial charge on any atom is 0.310 e. The molecule has 0 amide bonds. The van der Waals surface area contributed by atoms with Crippen molar-refractivity contribution < 1.29 is 14.7 Å². The van der Waals surface area contributed by atoms with E-state index in [0.29, 0.717) is 24.0 Å². The Kier molecular flexibility index (Phi) is 5.78. The number of Topliss-reactive ketones (excluding diaryl/α,β-unsaturated/α-hetero) is 1. The van der Waals surface area contributed by atoms with Gasteiger partial charge < -0.3 is 5.11 Å². The Balaban J connectivity index is 1.60. The summed E-state index contributed by atoms with van der Waals surface area (Å²) in [6.07, 6.45) is 13.1. The molecule has 4 nitrogen and oxygen atoms in total. The van der Waals surface area contributed by atoms with Crippen molar-refractivity contribution in [2.24, 2.45) is 50.2 Å². The van der Waals surface area contributed by atoms with E-state index >= 15 is 0 Å². The Morgan fingerprint density at radius 2 is 1.67 bits per heavy atom. The average molecular weight is 532 g/mol. The molecule has 7 atom stereocenters. The number of ketones is 1. The molecule has 1 aromatic rings. The SMILES string of the molecule is CC1(C)CCC2(C(=O)O)CCC3(C)C(=C(c4cccnc4)CC4C5(C)CCC(=O)C(C)(C)C5CCC43C)C2C1. The summed E-state index contributed by atoms with van der Waals surface area (Å²) >= 11 is 0. The van der Waals surface area contributed by atoms with Crippen molar-refractivity contribution in [2.45, 2.75) is 113 Å². The second-order valence-electron chi connectivity index (χ2n) is 16.3. The largest absolute Gasteiger partial charge is 0.481 e. The standard InChI is InChI=1S/C35H49NO3/c1-30(2)14-16-35(29(38)39)17-15-34(7)28(24(35)20-30)23(22-9-8-18-36-21-22)19-26-32(5)12-11-27(37)31(3,4)25(32)10-13-33(26,34)6/h8-9,18,21,24-26H,10-17,19-20H2,1-7H3,(H,38,39). The first-order chi connectivity index (χ1) is 18.1. The van der Waals surface area contributed by atoms with Gasteiger partial charge in [0.05, 0.1) is 5.41 Å². The van der Waals surface area contributed by atoms with Crippen LogP contribution >= 0.6 is 0 Å². The fourth-order valence-corrected chi connectivity index (χ4v) is 11.4. The molecule has 1 heterocycles. The molecular weight excluding hydrogens is 482 g/mol. The van der Waals surface area contributed by atoms with Crippen LogP contribution in [0.3, 0.4) is 0 Å². The van der Waals surface area contributed by atoms with Crippen LogP contribution < -0.4 is 0 Å². The van der Waals surface area contributed by atoms with Crippen LogP contribution in [0.2, 0.25) is 0 Å². The van der Waals surface area contributed by atoms with Gasteiger partial charge in [0.2, 0.25) is 0 Å². The number of aromatic nitrogens is 1. The van der Waals surface area contributed by atoms with E-state index in [1.165, 1.54) is 16.7 Å². The summed E-state index contributed by atoms with van der Waals surface area (Å²) in [5.41, 5.74) is 3.29. The molecule has 1 N–H and O–H groups in total. The molecule has 39 heavy (non-hydrogen) atoms. The van der Waals surface area contributed by atoms with Crippen LogP contribution in [0.25, 0.3) is 5.57 Å². The first-order valence-corrected chi connectivity index (χ1v) is 15.5. The minimum Gasteiger partial charge on any atom is -0.481 e. The molecule has 5 aliphatic carbocycles.